The molecule has 3 N–H and O–H groups in total. The molecular formula is C26H28FN7O. The van der Waals surface area contributed by atoms with Crippen LogP contribution in [-0.4, -0.2) is 56.4 Å². The van der Waals surface area contributed by atoms with Gasteiger partial charge in [0.05, 0.1) is 24.0 Å². The van der Waals surface area contributed by atoms with Crippen molar-refractivity contribution in [1.29, 1.82) is 0 Å². The van der Waals surface area contributed by atoms with Crippen LogP contribution in [0.25, 0.3) is 21.9 Å². The second-order valence-corrected chi connectivity index (χ2v) is 9.46. The van der Waals surface area contributed by atoms with E-state index in [1.54, 1.807) is 12.4 Å². The number of pyridine rings is 2. The van der Waals surface area contributed by atoms with Crippen LogP contribution in [0.4, 0.5) is 21.7 Å². The van der Waals surface area contributed by atoms with E-state index in [0.29, 0.717) is 35.6 Å². The molecule has 0 aliphatic carbocycles. The maximum Gasteiger partial charge on any atom is 0.153 e. The third-order valence-electron chi connectivity index (χ3n) is 7.06. The molecule has 2 aliphatic heterocycles. The summed E-state index contributed by atoms with van der Waals surface area (Å²) in [5.41, 5.74) is 4.68. The third-order valence-corrected chi connectivity index (χ3v) is 7.06. The Hall–Kier alpha value is -3.56. The number of nitrogens with one attached hydrogen (secondary N) is 2. The number of benzene rings is 1. The zero-order valence-corrected chi connectivity index (χ0v) is 19.8. The monoisotopic (exact) mass is 473 g/mol. The van der Waals surface area contributed by atoms with Crippen LogP contribution >= 0.6 is 0 Å². The molecule has 3 aromatic heterocycles. The third kappa shape index (κ3) is 4.00. The van der Waals surface area contributed by atoms with Gasteiger partial charge in [-0.2, -0.15) is 5.10 Å². The Labute approximate surface area is 202 Å². The normalized spacial score (nSPS) is 18.0. The number of nitrogens with zero attached hydrogens (tertiary/aromatic N) is 5. The standard InChI is InChI=1S/C26H28FN7O/c1-15-20(14-30-26-22(35)3-5-28-25(15)26)19-9-16-11-23(29-13-17(16)10-21(19)27)31-24-12-18-4-6-33(2)7-8-34(18)32-24/h9-14,22,28,35H,3-8H2,1-2H3,(H,29,31,32). The van der Waals surface area contributed by atoms with Crippen LogP contribution in [-0.2, 0) is 13.0 Å². The van der Waals surface area contributed by atoms with Gasteiger partial charge in [0.1, 0.15) is 11.6 Å². The minimum Gasteiger partial charge on any atom is -0.387 e. The predicted octanol–water partition coefficient (Wildman–Crippen LogP) is 4.02. The molecule has 0 radical (unpaired) electrons. The minimum absolute atomic E-state index is 0.330. The van der Waals surface area contributed by atoms with Gasteiger partial charge in [-0.3, -0.25) is 9.67 Å². The molecule has 9 heteroatoms. The molecule has 180 valence electrons. The Morgan fingerprint density at radius 1 is 1.03 bits per heavy atom. The summed E-state index contributed by atoms with van der Waals surface area (Å²) in [7, 11) is 2.13. The molecule has 2 aliphatic rings. The minimum atomic E-state index is -0.598. The molecule has 5 heterocycles. The van der Waals surface area contributed by atoms with E-state index in [1.165, 1.54) is 11.8 Å². The van der Waals surface area contributed by atoms with E-state index >= 15 is 4.39 Å². The van der Waals surface area contributed by atoms with Crippen molar-refractivity contribution in [3.05, 3.63) is 59.4 Å². The molecule has 0 fully saturated rings. The van der Waals surface area contributed by atoms with Gasteiger partial charge in [-0.1, -0.05) is 0 Å². The first kappa shape index (κ1) is 21.9. The number of hydrogen-bond acceptors (Lipinski definition) is 7. The van der Waals surface area contributed by atoms with Gasteiger partial charge in [0.2, 0.25) is 0 Å². The highest BCUT2D eigenvalue weighted by atomic mass is 19.1. The molecule has 0 amide bonds. The number of hydrogen-bond donors (Lipinski definition) is 3. The fourth-order valence-corrected chi connectivity index (χ4v) is 5.01. The fourth-order valence-electron chi connectivity index (χ4n) is 5.01. The molecule has 1 unspecified atom stereocenters. The van der Waals surface area contributed by atoms with E-state index in [1.807, 2.05) is 19.1 Å². The average molecular weight is 474 g/mol. The Morgan fingerprint density at radius 3 is 2.80 bits per heavy atom. The average Bonchev–Trinajstić information content (AvgIpc) is 3.15. The van der Waals surface area contributed by atoms with Crippen LogP contribution in [0.5, 0.6) is 0 Å². The molecule has 1 atom stereocenters. The van der Waals surface area contributed by atoms with E-state index in [2.05, 4.69) is 43.3 Å². The van der Waals surface area contributed by atoms with E-state index in [-0.39, 0.29) is 5.82 Å². The highest BCUT2D eigenvalue weighted by molar-refractivity contribution is 5.90. The van der Waals surface area contributed by atoms with Gasteiger partial charge in [-0.25, -0.2) is 9.37 Å². The van der Waals surface area contributed by atoms with Crippen molar-refractivity contribution < 1.29 is 9.50 Å². The fraction of sp³-hybridized carbons (Fsp3) is 0.346. The number of fused-ring (bicyclic) bond motifs is 3. The zero-order chi connectivity index (χ0) is 24.1. The van der Waals surface area contributed by atoms with Crippen LogP contribution in [0.1, 0.15) is 29.5 Å². The smallest absolute Gasteiger partial charge is 0.153 e. The van der Waals surface area contributed by atoms with Gasteiger partial charge < -0.3 is 20.6 Å². The summed E-state index contributed by atoms with van der Waals surface area (Å²) in [6, 6.07) is 7.34. The van der Waals surface area contributed by atoms with Gasteiger partial charge >= 0.3 is 0 Å². The highest BCUT2D eigenvalue weighted by Crippen LogP contribution is 2.38. The number of halogens is 1. The Morgan fingerprint density at radius 2 is 1.91 bits per heavy atom. The molecule has 1 aromatic carbocycles. The van der Waals surface area contributed by atoms with E-state index < -0.39 is 6.10 Å². The number of rotatable bonds is 3. The van der Waals surface area contributed by atoms with Crippen LogP contribution in [0.2, 0.25) is 0 Å². The van der Waals surface area contributed by atoms with Gasteiger partial charge in [0.25, 0.3) is 0 Å². The summed E-state index contributed by atoms with van der Waals surface area (Å²) in [5.74, 6) is 1.09. The lowest BCUT2D eigenvalue weighted by Gasteiger charge is -2.25. The molecule has 35 heavy (non-hydrogen) atoms. The number of aliphatic hydroxyl groups is 1. The lowest BCUT2D eigenvalue weighted by atomic mass is 9.95. The molecule has 8 nitrogen and oxygen atoms in total. The van der Waals surface area contributed by atoms with Crippen molar-refractivity contribution in [2.24, 2.45) is 0 Å². The molecule has 0 spiro atoms. The zero-order valence-electron chi connectivity index (χ0n) is 19.8. The van der Waals surface area contributed by atoms with E-state index in [9.17, 15) is 5.11 Å². The van der Waals surface area contributed by atoms with E-state index in [0.717, 1.165) is 53.9 Å². The van der Waals surface area contributed by atoms with Gasteiger partial charge in [0.15, 0.2) is 5.82 Å². The molecule has 6 rings (SSSR count). The van der Waals surface area contributed by atoms with Crippen molar-refractivity contribution in [3.8, 4) is 11.1 Å². The second kappa shape index (κ2) is 8.58. The van der Waals surface area contributed by atoms with Crippen LogP contribution in [0, 0.1) is 12.7 Å². The SMILES string of the molecule is Cc1c(-c2cc3cc(Nc4cc5n(n4)CCN(C)CC5)ncc3cc2F)cnc2c1NCCC2O. The van der Waals surface area contributed by atoms with Gasteiger partial charge in [-0.05, 0) is 49.5 Å². The molecule has 0 saturated heterocycles. The first-order chi connectivity index (χ1) is 17.0. The molecule has 0 saturated carbocycles. The number of aliphatic hydroxyl groups excluding tert-OH is 1. The van der Waals surface area contributed by atoms with Crippen molar-refractivity contribution in [2.75, 3.05) is 37.3 Å². The summed E-state index contributed by atoms with van der Waals surface area (Å²) < 4.78 is 17.2. The van der Waals surface area contributed by atoms with Crippen LogP contribution < -0.4 is 10.6 Å². The van der Waals surface area contributed by atoms with Crippen LogP contribution in [0.15, 0.2) is 36.7 Å². The Balaban J connectivity index is 1.34. The van der Waals surface area contributed by atoms with Crippen molar-refractivity contribution in [2.45, 2.75) is 32.4 Å². The summed E-state index contributed by atoms with van der Waals surface area (Å²) in [6.07, 6.45) is 4.31. The molecule has 0 bridgehead atoms. The quantitative estimate of drug-likeness (QED) is 0.414. The topological polar surface area (TPSA) is 91.1 Å². The first-order valence-corrected chi connectivity index (χ1v) is 12.0. The van der Waals surface area contributed by atoms with Crippen LogP contribution in [0.3, 0.4) is 0 Å². The summed E-state index contributed by atoms with van der Waals surface area (Å²) in [4.78, 5) is 11.2. The maximum absolute atomic E-state index is 15.2. The lowest BCUT2D eigenvalue weighted by Crippen LogP contribution is -2.21. The first-order valence-electron chi connectivity index (χ1n) is 12.0. The number of aromatic nitrogens is 4. The largest absolute Gasteiger partial charge is 0.387 e. The molecule has 4 aromatic rings. The summed E-state index contributed by atoms with van der Waals surface area (Å²) >= 11 is 0. The number of likely N-dealkylation sites (N-methyl/N-ethyl adjacent to an activating group) is 1. The summed E-state index contributed by atoms with van der Waals surface area (Å²) in [5, 5.41) is 23.2. The summed E-state index contributed by atoms with van der Waals surface area (Å²) in [6.45, 7) is 5.45. The maximum atomic E-state index is 15.2. The molecular weight excluding hydrogens is 445 g/mol. The van der Waals surface area contributed by atoms with Gasteiger partial charge in [0, 0.05) is 66.7 Å². The number of anilines is 3. The van der Waals surface area contributed by atoms with Crippen molar-refractivity contribution >= 4 is 28.1 Å². The second-order valence-electron chi connectivity index (χ2n) is 9.46. The van der Waals surface area contributed by atoms with Crippen molar-refractivity contribution in [3.63, 3.8) is 0 Å². The highest BCUT2D eigenvalue weighted by Gasteiger charge is 2.23. The predicted molar refractivity (Wildman–Crippen MR) is 134 cm³/mol. The van der Waals surface area contributed by atoms with Gasteiger partial charge in [-0.15, -0.1) is 0 Å². The Bertz CT molecular complexity index is 1410. The van der Waals surface area contributed by atoms with Crippen molar-refractivity contribution in [1.82, 2.24) is 24.6 Å². The lowest BCUT2D eigenvalue weighted by molar-refractivity contribution is 0.163. The van der Waals surface area contributed by atoms with E-state index in [4.69, 9.17) is 5.10 Å². The Kier molecular flexibility index (Phi) is 5.38.